The van der Waals surface area contributed by atoms with E-state index in [0.717, 1.165) is 12.0 Å². The molecular weight excluding hydrogens is 234 g/mol. The molecule has 0 spiro atoms. The van der Waals surface area contributed by atoms with Crippen LogP contribution in [0.25, 0.3) is 0 Å². The summed E-state index contributed by atoms with van der Waals surface area (Å²) in [5.74, 6) is -0.414. The summed E-state index contributed by atoms with van der Waals surface area (Å²) < 4.78 is 5.25. The van der Waals surface area contributed by atoms with Crippen molar-refractivity contribution in [2.45, 2.75) is 13.3 Å². The van der Waals surface area contributed by atoms with E-state index in [4.69, 9.17) is 0 Å². The molecule has 1 aromatic heterocycles. The maximum Gasteiger partial charge on any atom is 0.356 e. The zero-order valence-electron chi connectivity index (χ0n) is 7.50. The van der Waals surface area contributed by atoms with Gasteiger partial charge < -0.3 is 4.74 Å². The van der Waals surface area contributed by atoms with Crippen LogP contribution in [0.2, 0.25) is 0 Å². The molecule has 0 N–H and O–H groups in total. The lowest BCUT2D eigenvalue weighted by Gasteiger charge is -2.02. The highest BCUT2D eigenvalue weighted by Crippen LogP contribution is 2.15. The number of carbonyl (C=O) groups excluding carboxylic acids is 1. The summed E-state index contributed by atoms with van der Waals surface area (Å²) in [6, 6.07) is 3.53. The maximum absolute atomic E-state index is 11.1. The first-order valence-corrected chi connectivity index (χ1v) is 4.72. The number of esters is 1. The second-order valence-corrected chi connectivity index (χ2v) is 3.24. The Kier molecular flexibility index (Phi) is 3.42. The number of nitrogens with zero attached hydrogens (tertiary/aromatic N) is 1. The molecule has 1 heterocycles. The van der Waals surface area contributed by atoms with Crippen LogP contribution in [-0.4, -0.2) is 18.1 Å². The summed E-state index contributed by atoms with van der Waals surface area (Å²) in [5, 5.41) is 0. The fourth-order valence-electron chi connectivity index (χ4n) is 0.945. The predicted molar refractivity (Wildman–Crippen MR) is 52.7 cm³/mol. The van der Waals surface area contributed by atoms with E-state index >= 15 is 0 Å². The second-order valence-electron chi connectivity index (χ2n) is 2.49. The van der Waals surface area contributed by atoms with E-state index in [2.05, 4.69) is 25.7 Å². The van der Waals surface area contributed by atoms with Gasteiger partial charge in [-0.25, -0.2) is 9.78 Å². The molecule has 0 fully saturated rings. The first kappa shape index (κ1) is 10.2. The molecule has 4 heteroatoms. The predicted octanol–water partition coefficient (Wildman–Crippen LogP) is 2.19. The van der Waals surface area contributed by atoms with E-state index in [1.165, 1.54) is 7.11 Å². The number of rotatable bonds is 2. The molecule has 0 saturated heterocycles. The van der Waals surface area contributed by atoms with Crippen molar-refractivity contribution in [2.75, 3.05) is 7.11 Å². The Balaban J connectivity index is 3.02. The maximum atomic E-state index is 11.1. The number of pyridine rings is 1. The summed E-state index contributed by atoms with van der Waals surface area (Å²) in [4.78, 5) is 15.1. The fourth-order valence-corrected chi connectivity index (χ4v) is 1.55. The van der Waals surface area contributed by atoms with Crippen molar-refractivity contribution < 1.29 is 9.53 Å². The number of hydrogen-bond acceptors (Lipinski definition) is 3. The van der Waals surface area contributed by atoms with Crippen molar-refractivity contribution in [3.8, 4) is 0 Å². The minimum Gasteiger partial charge on any atom is -0.464 e. The van der Waals surface area contributed by atoms with Gasteiger partial charge in [-0.1, -0.05) is 13.0 Å². The van der Waals surface area contributed by atoms with Gasteiger partial charge in [0.1, 0.15) is 10.3 Å². The quantitative estimate of drug-likeness (QED) is 0.591. The molecule has 0 bridgehead atoms. The molecule has 0 atom stereocenters. The Morgan fingerprint density at radius 1 is 1.62 bits per heavy atom. The Hall–Kier alpha value is -0.900. The molecule has 1 aromatic rings. The third-order valence-corrected chi connectivity index (χ3v) is 2.39. The smallest absolute Gasteiger partial charge is 0.356 e. The van der Waals surface area contributed by atoms with Crippen LogP contribution < -0.4 is 0 Å². The molecule has 0 unspecified atom stereocenters. The molecule has 0 saturated carbocycles. The highest BCUT2D eigenvalue weighted by Gasteiger charge is 2.08. The lowest BCUT2D eigenvalue weighted by molar-refractivity contribution is 0.0594. The third-order valence-electron chi connectivity index (χ3n) is 1.70. The van der Waals surface area contributed by atoms with Crippen molar-refractivity contribution in [3.05, 3.63) is 28.0 Å². The van der Waals surface area contributed by atoms with Gasteiger partial charge in [0, 0.05) is 0 Å². The van der Waals surface area contributed by atoms with Crippen molar-refractivity contribution in [3.63, 3.8) is 0 Å². The minimum atomic E-state index is -0.414. The van der Waals surface area contributed by atoms with E-state index in [1.807, 2.05) is 13.0 Å². The molecular formula is C9H10BrNO2. The number of aromatic nitrogens is 1. The minimum absolute atomic E-state index is 0.326. The topological polar surface area (TPSA) is 39.2 Å². The molecule has 0 aliphatic heterocycles. The molecule has 13 heavy (non-hydrogen) atoms. The van der Waals surface area contributed by atoms with Gasteiger partial charge in [0.05, 0.1) is 7.11 Å². The normalized spacial score (nSPS) is 9.77. The van der Waals surface area contributed by atoms with E-state index in [1.54, 1.807) is 6.07 Å². The van der Waals surface area contributed by atoms with Crippen LogP contribution in [0.3, 0.4) is 0 Å². The molecule has 1 rings (SSSR count). The van der Waals surface area contributed by atoms with Crippen LogP contribution in [0.15, 0.2) is 16.7 Å². The second kappa shape index (κ2) is 4.37. The molecule has 0 aliphatic rings. The average Bonchev–Trinajstić information content (AvgIpc) is 2.16. The van der Waals surface area contributed by atoms with Crippen LogP contribution in [0.5, 0.6) is 0 Å². The van der Waals surface area contributed by atoms with Crippen molar-refractivity contribution in [1.29, 1.82) is 0 Å². The lowest BCUT2D eigenvalue weighted by atomic mass is 10.2. The van der Waals surface area contributed by atoms with Gasteiger partial charge in [-0.2, -0.15) is 0 Å². The first-order valence-electron chi connectivity index (χ1n) is 3.92. The molecule has 0 amide bonds. The van der Waals surface area contributed by atoms with E-state index in [9.17, 15) is 4.79 Å². The van der Waals surface area contributed by atoms with Crippen LogP contribution in [-0.2, 0) is 11.2 Å². The lowest BCUT2D eigenvalue weighted by Crippen LogP contribution is -2.05. The highest BCUT2D eigenvalue weighted by atomic mass is 79.9. The summed E-state index contributed by atoms with van der Waals surface area (Å²) in [6.45, 7) is 2.03. The van der Waals surface area contributed by atoms with E-state index in [0.29, 0.717) is 10.3 Å². The number of carbonyl (C=O) groups is 1. The van der Waals surface area contributed by atoms with Crippen molar-refractivity contribution in [1.82, 2.24) is 4.98 Å². The average molecular weight is 244 g/mol. The molecule has 0 radical (unpaired) electrons. The van der Waals surface area contributed by atoms with Gasteiger partial charge in [0.25, 0.3) is 0 Å². The Morgan fingerprint density at radius 3 is 2.77 bits per heavy atom. The van der Waals surface area contributed by atoms with E-state index < -0.39 is 5.97 Å². The van der Waals surface area contributed by atoms with Gasteiger partial charge in [0.2, 0.25) is 0 Å². The summed E-state index contributed by atoms with van der Waals surface area (Å²) in [7, 11) is 1.34. The Morgan fingerprint density at radius 2 is 2.31 bits per heavy atom. The first-order chi connectivity index (χ1) is 6.19. The number of hydrogen-bond donors (Lipinski definition) is 0. The van der Waals surface area contributed by atoms with Crippen LogP contribution in [0.1, 0.15) is 23.0 Å². The molecule has 70 valence electrons. The third kappa shape index (κ3) is 2.28. The Bertz CT molecular complexity index is 325. The zero-order valence-corrected chi connectivity index (χ0v) is 9.09. The Labute approximate surface area is 85.3 Å². The summed E-state index contributed by atoms with van der Waals surface area (Å²) in [5.41, 5.74) is 1.40. The standard InChI is InChI=1S/C9H10BrNO2/c1-3-6-4-5-7(9(12)13-2)11-8(6)10/h4-5H,3H2,1-2H3. The van der Waals surface area contributed by atoms with E-state index in [-0.39, 0.29) is 0 Å². The highest BCUT2D eigenvalue weighted by molar-refractivity contribution is 9.10. The zero-order chi connectivity index (χ0) is 9.84. The van der Waals surface area contributed by atoms with Crippen LogP contribution in [0, 0.1) is 0 Å². The molecule has 3 nitrogen and oxygen atoms in total. The van der Waals surface area contributed by atoms with Crippen LogP contribution in [0.4, 0.5) is 0 Å². The van der Waals surface area contributed by atoms with Crippen molar-refractivity contribution >= 4 is 21.9 Å². The summed E-state index contributed by atoms with van der Waals surface area (Å²) in [6.07, 6.45) is 0.884. The molecule has 0 aliphatic carbocycles. The van der Waals surface area contributed by atoms with Gasteiger partial charge in [0.15, 0.2) is 0 Å². The van der Waals surface area contributed by atoms with Gasteiger partial charge in [-0.05, 0) is 34.0 Å². The SMILES string of the molecule is CCc1ccc(C(=O)OC)nc1Br. The molecule has 0 aromatic carbocycles. The fraction of sp³-hybridized carbons (Fsp3) is 0.333. The number of methoxy groups -OCH3 is 1. The number of aryl methyl sites for hydroxylation is 1. The number of ether oxygens (including phenoxy) is 1. The van der Waals surface area contributed by atoms with Crippen molar-refractivity contribution in [2.24, 2.45) is 0 Å². The largest absolute Gasteiger partial charge is 0.464 e. The van der Waals surface area contributed by atoms with Crippen LogP contribution >= 0.6 is 15.9 Å². The van der Waals surface area contributed by atoms with Gasteiger partial charge >= 0.3 is 5.97 Å². The van der Waals surface area contributed by atoms with Gasteiger partial charge in [-0.3, -0.25) is 0 Å². The number of halogens is 1. The monoisotopic (exact) mass is 243 g/mol. The van der Waals surface area contributed by atoms with Gasteiger partial charge in [-0.15, -0.1) is 0 Å². The summed E-state index contributed by atoms with van der Waals surface area (Å²) >= 11 is 3.29.